The topological polar surface area (TPSA) is 75.6 Å². The molecule has 1 amide bonds. The van der Waals surface area contributed by atoms with Gasteiger partial charge in [-0.2, -0.15) is 0 Å². The summed E-state index contributed by atoms with van der Waals surface area (Å²) in [5.41, 5.74) is 0.195. The fourth-order valence-corrected chi connectivity index (χ4v) is 2.97. The maximum Gasteiger partial charge on any atom is 0.329 e. The van der Waals surface area contributed by atoms with Crippen LogP contribution in [-0.4, -0.2) is 35.7 Å². The van der Waals surface area contributed by atoms with Gasteiger partial charge in [-0.15, -0.1) is 0 Å². The van der Waals surface area contributed by atoms with Crippen LogP contribution in [0.25, 0.3) is 0 Å². The Morgan fingerprint density at radius 1 is 1.13 bits per heavy atom. The highest BCUT2D eigenvalue weighted by Crippen LogP contribution is 2.30. The van der Waals surface area contributed by atoms with Crippen LogP contribution < -0.4 is 5.32 Å². The third-order valence-electron chi connectivity index (χ3n) is 4.32. The van der Waals surface area contributed by atoms with Crippen molar-refractivity contribution < 1.29 is 19.4 Å². The van der Waals surface area contributed by atoms with E-state index in [4.69, 9.17) is 4.74 Å². The predicted octanol–water partition coefficient (Wildman–Crippen LogP) is 2.54. The lowest BCUT2D eigenvalue weighted by atomic mass is 9.97. The van der Waals surface area contributed by atoms with Crippen LogP contribution >= 0.6 is 0 Å². The molecule has 0 aliphatic heterocycles. The van der Waals surface area contributed by atoms with Crippen LogP contribution in [0.1, 0.15) is 44.1 Å². The molecule has 1 aliphatic rings. The second-order valence-corrected chi connectivity index (χ2v) is 6.09. The number of nitrogens with one attached hydrogen (secondary N) is 1. The molecule has 0 spiro atoms. The van der Waals surface area contributed by atoms with Crippen molar-refractivity contribution in [3.63, 3.8) is 0 Å². The molecule has 0 saturated heterocycles. The largest absolute Gasteiger partial charge is 0.480 e. The Kier molecular flexibility index (Phi) is 6.59. The van der Waals surface area contributed by atoms with E-state index in [0.717, 1.165) is 19.3 Å². The molecule has 1 saturated carbocycles. The van der Waals surface area contributed by atoms with Crippen molar-refractivity contribution in [1.29, 1.82) is 0 Å². The number of carbonyl (C=O) groups is 2. The van der Waals surface area contributed by atoms with E-state index in [2.05, 4.69) is 17.4 Å². The van der Waals surface area contributed by atoms with Crippen molar-refractivity contribution in [2.45, 2.75) is 50.5 Å². The minimum atomic E-state index is -1.04. The summed E-state index contributed by atoms with van der Waals surface area (Å²) in [5.74, 6) is -1.11. The van der Waals surface area contributed by atoms with Gasteiger partial charge in [0.25, 0.3) is 0 Å². The van der Waals surface area contributed by atoms with Gasteiger partial charge in [0.2, 0.25) is 5.91 Å². The van der Waals surface area contributed by atoms with E-state index in [9.17, 15) is 14.7 Å². The lowest BCUT2D eigenvalue weighted by Crippen LogP contribution is -2.52. The van der Waals surface area contributed by atoms with Gasteiger partial charge in [0, 0.05) is 13.0 Å². The van der Waals surface area contributed by atoms with Crippen molar-refractivity contribution in [1.82, 2.24) is 5.32 Å². The second kappa shape index (κ2) is 8.67. The van der Waals surface area contributed by atoms with Crippen molar-refractivity contribution in [3.8, 4) is 0 Å². The quantitative estimate of drug-likeness (QED) is 0.686. The van der Waals surface area contributed by atoms with Crippen LogP contribution in [0.5, 0.6) is 0 Å². The maximum absolute atomic E-state index is 11.9. The van der Waals surface area contributed by atoms with Gasteiger partial charge in [-0.25, -0.2) is 4.79 Å². The van der Waals surface area contributed by atoms with Gasteiger partial charge in [0.15, 0.2) is 0 Å². The highest BCUT2D eigenvalue weighted by Gasteiger charge is 2.42. The number of ether oxygens (including phenoxy) is 1. The number of rotatable bonds is 9. The number of carboxylic acid groups (broad SMARTS) is 1. The molecule has 5 heteroatoms. The maximum atomic E-state index is 11.9. The molecular weight excluding hydrogens is 294 g/mol. The average Bonchev–Trinajstić information content (AvgIpc) is 3.01. The molecule has 1 aromatic carbocycles. The molecule has 2 rings (SSSR count). The molecular formula is C18H25NO4. The lowest BCUT2D eigenvalue weighted by molar-refractivity contribution is -0.147. The first-order chi connectivity index (χ1) is 11.1. The Labute approximate surface area is 137 Å². The van der Waals surface area contributed by atoms with Crippen LogP contribution in [0.4, 0.5) is 0 Å². The summed E-state index contributed by atoms with van der Waals surface area (Å²) >= 11 is 0. The van der Waals surface area contributed by atoms with Crippen LogP contribution in [0.3, 0.4) is 0 Å². The Hall–Kier alpha value is -1.88. The van der Waals surface area contributed by atoms with Gasteiger partial charge in [-0.3, -0.25) is 4.79 Å². The molecule has 1 fully saturated rings. The summed E-state index contributed by atoms with van der Waals surface area (Å²) in [4.78, 5) is 23.3. The van der Waals surface area contributed by atoms with E-state index >= 15 is 0 Å². The number of hydrogen-bond acceptors (Lipinski definition) is 3. The van der Waals surface area contributed by atoms with Gasteiger partial charge >= 0.3 is 5.97 Å². The zero-order valence-electron chi connectivity index (χ0n) is 13.4. The zero-order valence-corrected chi connectivity index (χ0v) is 13.4. The molecule has 5 nitrogen and oxygen atoms in total. The summed E-state index contributed by atoms with van der Waals surface area (Å²) in [6, 6.07) is 10.1. The first-order valence-electron chi connectivity index (χ1n) is 8.28. The van der Waals surface area contributed by atoms with Crippen molar-refractivity contribution in [3.05, 3.63) is 35.9 Å². The SMILES string of the molecule is O=C(CCCOCCc1ccccc1)NC1(C(=O)O)CCCC1. The van der Waals surface area contributed by atoms with E-state index in [-0.39, 0.29) is 5.91 Å². The second-order valence-electron chi connectivity index (χ2n) is 6.09. The highest BCUT2D eigenvalue weighted by molar-refractivity contribution is 5.87. The summed E-state index contributed by atoms with van der Waals surface area (Å²) in [5, 5.41) is 12.0. The number of aliphatic carboxylic acids is 1. The van der Waals surface area contributed by atoms with Crippen LogP contribution in [0.15, 0.2) is 30.3 Å². The number of hydrogen-bond donors (Lipinski definition) is 2. The minimum Gasteiger partial charge on any atom is -0.480 e. The van der Waals surface area contributed by atoms with Gasteiger partial charge in [0.05, 0.1) is 6.61 Å². The third kappa shape index (κ3) is 5.36. The van der Waals surface area contributed by atoms with Crippen molar-refractivity contribution in [2.24, 2.45) is 0 Å². The molecule has 0 radical (unpaired) electrons. The third-order valence-corrected chi connectivity index (χ3v) is 4.32. The summed E-state index contributed by atoms with van der Waals surface area (Å²) in [6.45, 7) is 1.14. The minimum absolute atomic E-state index is 0.194. The van der Waals surface area contributed by atoms with Gasteiger partial charge in [-0.1, -0.05) is 43.2 Å². The molecule has 1 aliphatic carbocycles. The molecule has 126 valence electrons. The zero-order chi connectivity index (χ0) is 16.5. The monoisotopic (exact) mass is 319 g/mol. The van der Waals surface area contributed by atoms with Gasteiger partial charge in [0.1, 0.15) is 5.54 Å². The molecule has 0 heterocycles. The lowest BCUT2D eigenvalue weighted by Gasteiger charge is -2.25. The summed E-state index contributed by atoms with van der Waals surface area (Å²) < 4.78 is 5.53. The molecule has 1 aromatic rings. The summed E-state index contributed by atoms with van der Waals surface area (Å²) in [7, 11) is 0. The Morgan fingerprint density at radius 3 is 2.48 bits per heavy atom. The molecule has 2 N–H and O–H groups in total. The molecule has 0 bridgehead atoms. The first-order valence-corrected chi connectivity index (χ1v) is 8.28. The van der Waals surface area contributed by atoms with Crippen LogP contribution in [0, 0.1) is 0 Å². The van der Waals surface area contributed by atoms with E-state index in [1.807, 2.05) is 18.2 Å². The molecule has 0 atom stereocenters. The molecule has 23 heavy (non-hydrogen) atoms. The molecule has 0 unspecified atom stereocenters. The van der Waals surface area contributed by atoms with E-state index in [0.29, 0.717) is 38.9 Å². The number of benzene rings is 1. The molecule has 0 aromatic heterocycles. The Bertz CT molecular complexity index is 509. The Balaban J connectivity index is 1.59. The van der Waals surface area contributed by atoms with E-state index in [1.165, 1.54) is 5.56 Å². The van der Waals surface area contributed by atoms with Crippen molar-refractivity contribution in [2.75, 3.05) is 13.2 Å². The fraction of sp³-hybridized carbons (Fsp3) is 0.556. The van der Waals surface area contributed by atoms with Crippen LogP contribution in [0.2, 0.25) is 0 Å². The number of amides is 1. The van der Waals surface area contributed by atoms with Gasteiger partial charge < -0.3 is 15.2 Å². The smallest absolute Gasteiger partial charge is 0.329 e. The fourth-order valence-electron chi connectivity index (χ4n) is 2.97. The highest BCUT2D eigenvalue weighted by atomic mass is 16.5. The Morgan fingerprint density at radius 2 is 1.83 bits per heavy atom. The standard InChI is InChI=1S/C18H25NO4/c20-16(19-18(17(21)22)11-4-5-12-18)9-6-13-23-14-10-15-7-2-1-3-8-15/h1-3,7-8H,4-6,9-14H2,(H,19,20)(H,21,22). The van der Waals surface area contributed by atoms with E-state index < -0.39 is 11.5 Å². The number of carboxylic acids is 1. The van der Waals surface area contributed by atoms with E-state index in [1.54, 1.807) is 0 Å². The average molecular weight is 319 g/mol. The summed E-state index contributed by atoms with van der Waals surface area (Å²) in [6.07, 6.45) is 4.54. The first kappa shape index (κ1) is 17.5. The van der Waals surface area contributed by atoms with Crippen molar-refractivity contribution >= 4 is 11.9 Å². The van der Waals surface area contributed by atoms with Gasteiger partial charge in [-0.05, 0) is 31.2 Å². The normalized spacial score (nSPS) is 16.2. The predicted molar refractivity (Wildman–Crippen MR) is 87.2 cm³/mol. The van der Waals surface area contributed by atoms with Crippen LogP contribution in [-0.2, 0) is 20.7 Å². The number of carbonyl (C=O) groups excluding carboxylic acids is 1.